The molecule has 130 valence electrons. The molecule has 1 fully saturated rings. The highest BCUT2D eigenvalue weighted by Gasteiger charge is 2.25. The summed E-state index contributed by atoms with van der Waals surface area (Å²) in [5.74, 6) is 0.358. The molecule has 4 rings (SSSR count). The average Bonchev–Trinajstić information content (AvgIpc) is 2.79. The van der Waals surface area contributed by atoms with Crippen LogP contribution >= 0.6 is 0 Å². The molecule has 3 heterocycles. The van der Waals surface area contributed by atoms with Gasteiger partial charge in [-0.3, -0.25) is 4.98 Å². The number of pyridine rings is 1. The molecule has 1 aromatic heterocycles. The van der Waals surface area contributed by atoms with E-state index in [0.29, 0.717) is 12.4 Å². The molecule has 0 atom stereocenters. The van der Waals surface area contributed by atoms with Crippen LogP contribution in [0.5, 0.6) is 5.75 Å². The van der Waals surface area contributed by atoms with Crippen molar-refractivity contribution in [1.29, 1.82) is 0 Å². The van der Waals surface area contributed by atoms with Gasteiger partial charge in [0.25, 0.3) is 0 Å². The number of piperidine rings is 1. The van der Waals surface area contributed by atoms with E-state index in [1.165, 1.54) is 24.1 Å². The fourth-order valence-corrected chi connectivity index (χ4v) is 3.86. The third-order valence-corrected chi connectivity index (χ3v) is 5.08. The second-order valence-corrected chi connectivity index (χ2v) is 6.76. The van der Waals surface area contributed by atoms with Crippen LogP contribution in [0.15, 0.2) is 42.1 Å². The lowest BCUT2D eigenvalue weighted by Gasteiger charge is -2.29. The van der Waals surface area contributed by atoms with Crippen LogP contribution in [0.3, 0.4) is 0 Å². The number of hydrogen-bond acceptors (Lipinski definition) is 3. The summed E-state index contributed by atoms with van der Waals surface area (Å²) >= 11 is 0. The van der Waals surface area contributed by atoms with Crippen LogP contribution in [0.1, 0.15) is 43.0 Å². The van der Waals surface area contributed by atoms with Crippen LogP contribution in [0.2, 0.25) is 0 Å². The second kappa shape index (κ2) is 6.96. The molecule has 0 bridgehead atoms. The first-order valence-corrected chi connectivity index (χ1v) is 9.07. The number of halogens is 1. The lowest BCUT2D eigenvalue weighted by molar-refractivity contribution is 0.257. The SMILES string of the molecule is CCCN1CCC(=C2c3ccc(F)cc3OCc3cccnc32)CC1. The van der Waals surface area contributed by atoms with Crippen molar-refractivity contribution >= 4 is 5.57 Å². The fraction of sp³-hybridized carbons (Fsp3) is 0.381. The Hall–Kier alpha value is -2.20. The van der Waals surface area contributed by atoms with Gasteiger partial charge in [-0.1, -0.05) is 18.6 Å². The summed E-state index contributed by atoms with van der Waals surface area (Å²) in [5, 5.41) is 0. The Balaban J connectivity index is 1.82. The standard InChI is InChI=1S/C21H23FN2O/c1-2-10-24-11-7-15(8-12-24)20-18-6-5-17(22)13-19(18)25-14-16-4-3-9-23-21(16)20/h3-6,9,13H,2,7-8,10-12,14H2,1H3. The van der Waals surface area contributed by atoms with Crippen LogP contribution < -0.4 is 4.74 Å². The maximum atomic E-state index is 13.7. The summed E-state index contributed by atoms with van der Waals surface area (Å²) in [5.41, 5.74) is 5.59. The Morgan fingerprint density at radius 3 is 2.84 bits per heavy atom. The van der Waals surface area contributed by atoms with E-state index in [2.05, 4.69) is 22.9 Å². The van der Waals surface area contributed by atoms with Gasteiger partial charge >= 0.3 is 0 Å². The van der Waals surface area contributed by atoms with E-state index in [9.17, 15) is 4.39 Å². The molecular formula is C21H23FN2O. The summed E-state index contributed by atoms with van der Waals surface area (Å²) in [6.07, 6.45) is 5.08. The molecule has 0 amide bonds. The van der Waals surface area contributed by atoms with E-state index < -0.39 is 0 Å². The molecule has 2 aliphatic heterocycles. The lowest BCUT2D eigenvalue weighted by atomic mass is 9.89. The molecule has 1 saturated heterocycles. The number of hydrogen-bond donors (Lipinski definition) is 0. The molecule has 0 N–H and O–H groups in total. The number of ether oxygens (including phenoxy) is 1. The average molecular weight is 338 g/mol. The van der Waals surface area contributed by atoms with Gasteiger partial charge in [-0.25, -0.2) is 4.39 Å². The minimum absolute atomic E-state index is 0.264. The molecule has 25 heavy (non-hydrogen) atoms. The van der Waals surface area contributed by atoms with Crippen LogP contribution in [0, 0.1) is 5.82 Å². The van der Waals surface area contributed by atoms with Crippen molar-refractivity contribution in [3.8, 4) is 5.75 Å². The zero-order chi connectivity index (χ0) is 17.2. The summed E-state index contributed by atoms with van der Waals surface area (Å²) in [4.78, 5) is 7.18. The number of likely N-dealkylation sites (tertiary alicyclic amines) is 1. The maximum Gasteiger partial charge on any atom is 0.130 e. The van der Waals surface area contributed by atoms with E-state index in [1.54, 1.807) is 0 Å². The molecule has 0 radical (unpaired) electrons. The first-order chi connectivity index (χ1) is 12.3. The molecule has 0 aliphatic carbocycles. The number of benzene rings is 1. The molecule has 2 aliphatic rings. The second-order valence-electron chi connectivity index (χ2n) is 6.76. The van der Waals surface area contributed by atoms with Gasteiger partial charge < -0.3 is 9.64 Å². The fourth-order valence-electron chi connectivity index (χ4n) is 3.86. The Morgan fingerprint density at radius 2 is 2.04 bits per heavy atom. The number of aromatic nitrogens is 1. The van der Waals surface area contributed by atoms with Crippen molar-refractivity contribution in [2.45, 2.75) is 32.8 Å². The van der Waals surface area contributed by atoms with Crippen molar-refractivity contribution in [2.24, 2.45) is 0 Å². The molecule has 0 saturated carbocycles. The molecule has 2 aromatic rings. The Labute approximate surface area is 148 Å². The van der Waals surface area contributed by atoms with Crippen molar-refractivity contribution in [2.75, 3.05) is 19.6 Å². The predicted molar refractivity (Wildman–Crippen MR) is 97.0 cm³/mol. The number of nitrogens with zero attached hydrogens (tertiary/aromatic N) is 2. The van der Waals surface area contributed by atoms with Crippen LogP contribution in [0.4, 0.5) is 4.39 Å². The highest BCUT2D eigenvalue weighted by Crippen LogP contribution is 2.40. The first kappa shape index (κ1) is 16.3. The van der Waals surface area contributed by atoms with Gasteiger partial charge in [0, 0.05) is 42.1 Å². The van der Waals surface area contributed by atoms with E-state index in [-0.39, 0.29) is 5.82 Å². The Bertz CT molecular complexity index is 805. The quantitative estimate of drug-likeness (QED) is 0.810. The predicted octanol–water partition coefficient (Wildman–Crippen LogP) is 4.42. The van der Waals surface area contributed by atoms with Crippen molar-refractivity contribution in [3.05, 3.63) is 64.7 Å². The number of rotatable bonds is 2. The van der Waals surface area contributed by atoms with E-state index in [1.807, 2.05) is 18.3 Å². The van der Waals surface area contributed by atoms with Gasteiger partial charge in [0.15, 0.2) is 0 Å². The monoisotopic (exact) mass is 338 g/mol. The van der Waals surface area contributed by atoms with Crippen LogP contribution in [-0.4, -0.2) is 29.5 Å². The smallest absolute Gasteiger partial charge is 0.130 e. The van der Waals surface area contributed by atoms with Crippen LogP contribution in [0.25, 0.3) is 5.57 Å². The van der Waals surface area contributed by atoms with E-state index >= 15 is 0 Å². The van der Waals surface area contributed by atoms with Gasteiger partial charge in [0.05, 0.1) is 5.69 Å². The molecule has 0 spiro atoms. The number of fused-ring (bicyclic) bond motifs is 2. The topological polar surface area (TPSA) is 25.4 Å². The summed E-state index contributed by atoms with van der Waals surface area (Å²) in [6, 6.07) is 8.84. The van der Waals surface area contributed by atoms with E-state index in [4.69, 9.17) is 4.74 Å². The molecular weight excluding hydrogens is 315 g/mol. The summed E-state index contributed by atoms with van der Waals surface area (Å²) < 4.78 is 19.7. The molecule has 4 heteroatoms. The largest absolute Gasteiger partial charge is 0.488 e. The van der Waals surface area contributed by atoms with Crippen LogP contribution in [-0.2, 0) is 6.61 Å². The van der Waals surface area contributed by atoms with E-state index in [0.717, 1.165) is 54.9 Å². The zero-order valence-corrected chi connectivity index (χ0v) is 14.6. The van der Waals surface area contributed by atoms with Gasteiger partial charge in [0.2, 0.25) is 0 Å². The highest BCUT2D eigenvalue weighted by atomic mass is 19.1. The maximum absolute atomic E-state index is 13.7. The van der Waals surface area contributed by atoms with Gasteiger partial charge in [0.1, 0.15) is 18.2 Å². The first-order valence-electron chi connectivity index (χ1n) is 9.07. The molecule has 1 aromatic carbocycles. The molecule has 3 nitrogen and oxygen atoms in total. The normalized spacial score (nSPS) is 17.5. The van der Waals surface area contributed by atoms with Gasteiger partial charge in [-0.15, -0.1) is 0 Å². The summed E-state index contributed by atoms with van der Waals surface area (Å²) in [6.45, 7) is 5.96. The van der Waals surface area contributed by atoms with Crippen molar-refractivity contribution in [3.63, 3.8) is 0 Å². The minimum Gasteiger partial charge on any atom is -0.488 e. The minimum atomic E-state index is -0.264. The third kappa shape index (κ3) is 3.19. The van der Waals surface area contributed by atoms with Crippen molar-refractivity contribution < 1.29 is 9.13 Å². The van der Waals surface area contributed by atoms with Crippen molar-refractivity contribution in [1.82, 2.24) is 9.88 Å². The third-order valence-electron chi connectivity index (χ3n) is 5.08. The Kier molecular flexibility index (Phi) is 4.53. The lowest BCUT2D eigenvalue weighted by Crippen LogP contribution is -2.31. The zero-order valence-electron chi connectivity index (χ0n) is 14.6. The van der Waals surface area contributed by atoms with Gasteiger partial charge in [-0.2, -0.15) is 0 Å². The summed E-state index contributed by atoms with van der Waals surface area (Å²) in [7, 11) is 0. The Morgan fingerprint density at radius 1 is 1.20 bits per heavy atom. The highest BCUT2D eigenvalue weighted by molar-refractivity contribution is 5.85. The molecule has 0 unspecified atom stereocenters. The van der Waals surface area contributed by atoms with Gasteiger partial charge in [-0.05, 0) is 44.0 Å².